The minimum absolute atomic E-state index is 0.0190. The van der Waals surface area contributed by atoms with E-state index in [2.05, 4.69) is 26.6 Å². The van der Waals surface area contributed by atoms with Gasteiger partial charge in [-0.1, -0.05) is 15.9 Å². The molecule has 2 rings (SSSR count). The number of rotatable bonds is 3. The lowest BCUT2D eigenvalue weighted by molar-refractivity contribution is -0.114. The number of carbonyl (C=O) groups is 1. The minimum atomic E-state index is -0.525. The Bertz CT molecular complexity index is 658. The van der Waals surface area contributed by atoms with E-state index in [9.17, 15) is 9.90 Å². The summed E-state index contributed by atoms with van der Waals surface area (Å²) in [7, 11) is 1.47. The molecule has 0 saturated carbocycles. The van der Waals surface area contributed by atoms with Crippen LogP contribution in [0.3, 0.4) is 0 Å². The summed E-state index contributed by atoms with van der Waals surface area (Å²) in [5.41, 5.74) is 1.73. The molecule has 5 nitrogen and oxygen atoms in total. The van der Waals surface area contributed by atoms with Gasteiger partial charge < -0.3 is 20.5 Å². The van der Waals surface area contributed by atoms with E-state index in [1.54, 1.807) is 19.1 Å². The van der Waals surface area contributed by atoms with Gasteiger partial charge >= 0.3 is 0 Å². The van der Waals surface area contributed by atoms with E-state index in [0.717, 1.165) is 4.47 Å². The van der Waals surface area contributed by atoms with Crippen molar-refractivity contribution in [2.45, 2.75) is 19.9 Å². The molecule has 1 heterocycles. The van der Waals surface area contributed by atoms with E-state index in [-0.39, 0.29) is 11.5 Å². The molecular formula is C14H15BrN2O3S. The SMILES string of the molecule is COc1cc(Br)cc(C2NC(=S)NC(C)=C2C(C)=O)c1O. The van der Waals surface area contributed by atoms with Gasteiger partial charge in [-0.3, -0.25) is 4.79 Å². The highest BCUT2D eigenvalue weighted by atomic mass is 79.9. The number of ether oxygens (including phenoxy) is 1. The highest BCUT2D eigenvalue weighted by Gasteiger charge is 2.30. The number of carbonyl (C=O) groups excluding carboxylic acids is 1. The number of phenols is 1. The molecular weight excluding hydrogens is 356 g/mol. The zero-order valence-corrected chi connectivity index (χ0v) is 14.2. The van der Waals surface area contributed by atoms with E-state index >= 15 is 0 Å². The van der Waals surface area contributed by atoms with Crippen molar-refractivity contribution in [3.63, 3.8) is 0 Å². The van der Waals surface area contributed by atoms with Crippen LogP contribution in [0.5, 0.6) is 11.5 Å². The third kappa shape index (κ3) is 3.03. The Morgan fingerprint density at radius 1 is 1.48 bits per heavy atom. The van der Waals surface area contributed by atoms with Crippen molar-refractivity contribution in [1.29, 1.82) is 0 Å². The third-order valence-electron chi connectivity index (χ3n) is 3.25. The average Bonchev–Trinajstić information content (AvgIpc) is 2.39. The van der Waals surface area contributed by atoms with Gasteiger partial charge in [-0.15, -0.1) is 0 Å². The van der Waals surface area contributed by atoms with Crippen molar-refractivity contribution in [1.82, 2.24) is 10.6 Å². The Morgan fingerprint density at radius 2 is 2.14 bits per heavy atom. The highest BCUT2D eigenvalue weighted by molar-refractivity contribution is 9.10. The first kappa shape index (κ1) is 15.8. The van der Waals surface area contributed by atoms with Crippen molar-refractivity contribution >= 4 is 39.0 Å². The molecule has 0 radical (unpaired) electrons. The summed E-state index contributed by atoms with van der Waals surface area (Å²) in [6.45, 7) is 3.26. The predicted molar refractivity (Wildman–Crippen MR) is 87.4 cm³/mol. The number of Topliss-reactive ketones (excluding diaryl/α,β-unsaturated/α-hetero) is 1. The van der Waals surface area contributed by atoms with Crippen LogP contribution < -0.4 is 15.4 Å². The number of thiocarbonyl (C=S) groups is 1. The van der Waals surface area contributed by atoms with Gasteiger partial charge in [0.05, 0.1) is 13.2 Å². The standard InChI is InChI=1S/C14H15BrN2O3S/c1-6-11(7(2)18)12(17-14(21)16-6)9-4-8(15)5-10(20-3)13(9)19/h4-5,12,19H,1-3H3,(H2,16,17,21). The van der Waals surface area contributed by atoms with Crippen LogP contribution >= 0.6 is 28.1 Å². The number of allylic oxidation sites excluding steroid dienone is 1. The van der Waals surface area contributed by atoms with Crippen LogP contribution in [0.4, 0.5) is 0 Å². The molecule has 1 aromatic rings. The highest BCUT2D eigenvalue weighted by Crippen LogP contribution is 2.40. The van der Waals surface area contributed by atoms with Crippen LogP contribution in [0.25, 0.3) is 0 Å². The lowest BCUT2D eigenvalue weighted by Gasteiger charge is -2.30. The van der Waals surface area contributed by atoms with Crippen LogP contribution in [0.15, 0.2) is 27.9 Å². The fraction of sp³-hybridized carbons (Fsp3) is 0.286. The van der Waals surface area contributed by atoms with Crippen molar-refractivity contribution in [3.05, 3.63) is 33.4 Å². The number of halogens is 1. The van der Waals surface area contributed by atoms with Crippen LogP contribution in [0.1, 0.15) is 25.5 Å². The topological polar surface area (TPSA) is 70.6 Å². The summed E-state index contributed by atoms with van der Waals surface area (Å²) in [5.74, 6) is 0.207. The molecule has 0 aliphatic carbocycles. The maximum Gasteiger partial charge on any atom is 0.171 e. The van der Waals surface area contributed by atoms with Gasteiger partial charge in [-0.05, 0) is 38.2 Å². The summed E-state index contributed by atoms with van der Waals surface area (Å²) in [4.78, 5) is 11.9. The van der Waals surface area contributed by atoms with Gasteiger partial charge in [0.15, 0.2) is 22.4 Å². The molecule has 0 saturated heterocycles. The number of benzene rings is 1. The third-order valence-corrected chi connectivity index (χ3v) is 3.93. The summed E-state index contributed by atoms with van der Waals surface area (Å²) in [6, 6.07) is 2.87. The van der Waals surface area contributed by atoms with Crippen molar-refractivity contribution < 1.29 is 14.6 Å². The van der Waals surface area contributed by atoms with Crippen LogP contribution in [-0.2, 0) is 4.79 Å². The first-order valence-electron chi connectivity index (χ1n) is 6.20. The van der Waals surface area contributed by atoms with Crippen molar-refractivity contribution in [2.75, 3.05) is 7.11 Å². The molecule has 21 heavy (non-hydrogen) atoms. The maximum atomic E-state index is 11.9. The lowest BCUT2D eigenvalue weighted by atomic mass is 9.92. The molecule has 112 valence electrons. The van der Waals surface area contributed by atoms with Gasteiger partial charge in [-0.2, -0.15) is 0 Å². The van der Waals surface area contributed by atoms with E-state index < -0.39 is 6.04 Å². The number of ketones is 1. The molecule has 1 aliphatic heterocycles. The summed E-state index contributed by atoms with van der Waals surface area (Å²) < 4.78 is 5.88. The Balaban J connectivity index is 2.64. The molecule has 1 aliphatic rings. The van der Waals surface area contributed by atoms with Gasteiger partial charge in [0.25, 0.3) is 0 Å². The maximum absolute atomic E-state index is 11.9. The second-order valence-corrected chi connectivity index (χ2v) is 6.00. The number of hydrogen-bond donors (Lipinski definition) is 3. The molecule has 0 amide bonds. The molecule has 0 bridgehead atoms. The Hall–Kier alpha value is -1.60. The van der Waals surface area contributed by atoms with Gasteiger partial charge in [0, 0.05) is 21.3 Å². The van der Waals surface area contributed by atoms with Crippen LogP contribution in [0.2, 0.25) is 0 Å². The fourth-order valence-corrected chi connectivity index (χ4v) is 3.09. The minimum Gasteiger partial charge on any atom is -0.504 e. The number of nitrogens with one attached hydrogen (secondary N) is 2. The van der Waals surface area contributed by atoms with E-state index in [1.165, 1.54) is 14.0 Å². The lowest BCUT2D eigenvalue weighted by Crippen LogP contribution is -2.44. The van der Waals surface area contributed by atoms with E-state index in [0.29, 0.717) is 27.7 Å². The Kier molecular flexibility index (Phi) is 4.53. The Labute approximate surface area is 136 Å². The monoisotopic (exact) mass is 370 g/mol. The molecule has 0 aromatic heterocycles. The van der Waals surface area contributed by atoms with Gasteiger partial charge in [0.1, 0.15) is 0 Å². The van der Waals surface area contributed by atoms with E-state index in [4.69, 9.17) is 17.0 Å². The molecule has 0 fully saturated rings. The van der Waals surface area contributed by atoms with Crippen molar-refractivity contribution in [3.8, 4) is 11.5 Å². The van der Waals surface area contributed by atoms with Gasteiger partial charge in [-0.25, -0.2) is 0 Å². The quantitative estimate of drug-likeness (QED) is 0.710. The molecule has 3 N–H and O–H groups in total. The second-order valence-electron chi connectivity index (χ2n) is 4.67. The van der Waals surface area contributed by atoms with Crippen LogP contribution in [-0.4, -0.2) is 23.1 Å². The average molecular weight is 371 g/mol. The summed E-state index contributed by atoms with van der Waals surface area (Å²) in [5, 5.41) is 16.7. The molecule has 1 unspecified atom stereocenters. The number of aromatic hydroxyl groups is 1. The first-order chi connectivity index (χ1) is 9.85. The zero-order valence-electron chi connectivity index (χ0n) is 11.8. The van der Waals surface area contributed by atoms with Crippen molar-refractivity contribution in [2.24, 2.45) is 0 Å². The Morgan fingerprint density at radius 3 is 2.71 bits per heavy atom. The molecule has 1 aromatic carbocycles. The normalized spacial score (nSPS) is 18.1. The van der Waals surface area contributed by atoms with Crippen LogP contribution in [0, 0.1) is 0 Å². The largest absolute Gasteiger partial charge is 0.504 e. The van der Waals surface area contributed by atoms with Gasteiger partial charge in [0.2, 0.25) is 0 Å². The number of phenolic OH excluding ortho intramolecular Hbond substituents is 1. The number of methoxy groups -OCH3 is 1. The summed E-state index contributed by atoms with van der Waals surface area (Å²) in [6.07, 6.45) is 0. The first-order valence-corrected chi connectivity index (χ1v) is 7.41. The smallest absolute Gasteiger partial charge is 0.171 e. The molecule has 0 spiro atoms. The predicted octanol–water partition coefficient (Wildman–Crippen LogP) is 2.55. The van der Waals surface area contributed by atoms with E-state index in [1.807, 2.05) is 0 Å². The number of hydrogen-bond acceptors (Lipinski definition) is 4. The molecule has 1 atom stereocenters. The fourth-order valence-electron chi connectivity index (χ4n) is 2.36. The second kappa shape index (κ2) is 6.03. The summed E-state index contributed by atoms with van der Waals surface area (Å²) >= 11 is 8.52. The molecule has 7 heteroatoms. The zero-order chi connectivity index (χ0) is 15.7.